The van der Waals surface area contributed by atoms with E-state index in [0.29, 0.717) is 77.7 Å². The number of primary sulfonamides is 1. The first-order valence-electron chi connectivity index (χ1n) is 21.1. The van der Waals surface area contributed by atoms with Crippen molar-refractivity contribution in [1.82, 2.24) is 43.6 Å². The second kappa shape index (κ2) is 18.2. The molecule has 5 heterocycles. The highest BCUT2D eigenvalue weighted by Gasteiger charge is 2.33. The van der Waals surface area contributed by atoms with E-state index >= 15 is 0 Å². The second-order valence-corrected chi connectivity index (χ2v) is 18.3. The van der Waals surface area contributed by atoms with E-state index in [2.05, 4.69) is 25.8 Å². The topological polar surface area (TPSA) is 272 Å². The maximum Gasteiger partial charge on any atom is 0.410 e. The summed E-state index contributed by atoms with van der Waals surface area (Å²) in [6.45, 7) is 15.2. The van der Waals surface area contributed by atoms with E-state index in [1.165, 1.54) is 24.3 Å². The Bertz CT molecular complexity index is 2970. The number of fused-ring (bicyclic) bond motifs is 2. The van der Waals surface area contributed by atoms with E-state index < -0.39 is 33.3 Å². The van der Waals surface area contributed by atoms with E-state index in [1.54, 1.807) is 55.4 Å². The second-order valence-electron chi connectivity index (χ2n) is 16.7. The molecule has 1 aliphatic rings. The third kappa shape index (κ3) is 10.2. The van der Waals surface area contributed by atoms with Crippen molar-refractivity contribution in [2.24, 2.45) is 16.8 Å². The number of aromatic nitrogens is 8. The summed E-state index contributed by atoms with van der Waals surface area (Å²) in [5, 5.41) is 20.0. The zero-order valence-corrected chi connectivity index (χ0v) is 38.1. The van der Waals surface area contributed by atoms with Crippen LogP contribution in [0.15, 0.2) is 59.5 Å². The Labute approximate surface area is 374 Å². The number of nitrogens with two attached hydrogens (primary N) is 2. The SMILES string of the molecule is CCn1nc(C)cc1C(=O)Nc1nc2cc(S(N)(=O)=O)ccc2n1C/C=C/Cn1c(NC(=O)c2cc(C)nn2CC)nc2cc(C(N)=O)cc(OCCC3CN(C(=O)OC(C)(C)C)C3)c21. The molecule has 6 N–H and O–H groups in total. The van der Waals surface area contributed by atoms with Crippen LogP contribution in [0, 0.1) is 19.8 Å². The van der Waals surface area contributed by atoms with E-state index in [9.17, 15) is 27.6 Å². The van der Waals surface area contributed by atoms with Gasteiger partial charge >= 0.3 is 6.09 Å². The highest BCUT2D eigenvalue weighted by Crippen LogP contribution is 2.33. The summed E-state index contributed by atoms with van der Waals surface area (Å²) in [5.74, 6) is -0.889. The Morgan fingerprint density at radius 2 is 1.40 bits per heavy atom. The lowest BCUT2D eigenvalue weighted by Gasteiger charge is -2.39. The van der Waals surface area contributed by atoms with Gasteiger partial charge in [-0.3, -0.25) is 34.4 Å². The number of sulfonamides is 1. The fourth-order valence-corrected chi connectivity index (χ4v) is 8.05. The van der Waals surface area contributed by atoms with Crippen molar-refractivity contribution in [2.45, 2.75) is 91.6 Å². The zero-order chi connectivity index (χ0) is 47.0. The first-order chi connectivity index (χ1) is 30.7. The molecule has 0 aliphatic carbocycles. The standard InChI is InChI=1S/C43H53N13O8S/c1-8-55-33(18-25(3)50-55)38(58)48-40-46-30-22-29(65(45,61)62)12-13-32(30)53(40)15-10-11-16-54-36-31(47-41(54)49-39(59)34-19-26(4)51-56(34)9-2)20-28(37(44)57)21-35(36)63-17-14-27-23-52(24-27)42(60)64-43(5,6)7/h10-13,18-22,27H,8-9,14-17,23-24H2,1-7H3,(H2,44,57)(H2,45,61,62)(H,46,48,58)(H,47,49,59)/b11-10+. The van der Waals surface area contributed by atoms with Gasteiger partial charge in [-0.05, 0) is 103 Å². The van der Waals surface area contributed by atoms with Crippen LogP contribution in [0.3, 0.4) is 0 Å². The number of aryl methyl sites for hydroxylation is 4. The van der Waals surface area contributed by atoms with E-state index in [4.69, 9.17) is 25.3 Å². The first-order valence-corrected chi connectivity index (χ1v) is 22.6. The number of primary amides is 1. The summed E-state index contributed by atoms with van der Waals surface area (Å²) in [6.07, 6.45) is 3.84. The van der Waals surface area contributed by atoms with Crippen LogP contribution < -0.4 is 26.2 Å². The molecule has 0 spiro atoms. The van der Waals surface area contributed by atoms with Crippen LogP contribution in [-0.4, -0.2) is 101 Å². The van der Waals surface area contributed by atoms with Crippen LogP contribution in [-0.2, 0) is 40.9 Å². The maximum atomic E-state index is 13.8. The normalized spacial score (nSPS) is 13.4. The van der Waals surface area contributed by atoms with E-state index in [0.717, 1.165) is 0 Å². The third-order valence-corrected chi connectivity index (χ3v) is 11.5. The number of amides is 4. The molecule has 6 aromatic rings. The number of allylic oxidation sites excluding steroid dienone is 2. The Morgan fingerprint density at radius 3 is 1.95 bits per heavy atom. The summed E-state index contributed by atoms with van der Waals surface area (Å²) in [4.78, 5) is 63.3. The Morgan fingerprint density at radius 1 is 0.831 bits per heavy atom. The molecule has 4 aromatic heterocycles. The smallest absolute Gasteiger partial charge is 0.410 e. The number of nitrogens with zero attached hydrogens (tertiary/aromatic N) is 9. The van der Waals surface area contributed by atoms with E-state index in [-0.39, 0.29) is 59.6 Å². The molecule has 0 radical (unpaired) electrons. The number of benzene rings is 2. The minimum atomic E-state index is -4.06. The van der Waals surface area contributed by atoms with Crippen molar-refractivity contribution in [2.75, 3.05) is 30.3 Å². The number of imidazole rings is 2. The average molecular weight is 912 g/mol. The van der Waals surface area contributed by atoms with E-state index in [1.807, 2.05) is 46.8 Å². The number of carbonyl (C=O) groups is 4. The molecular weight excluding hydrogens is 859 g/mol. The molecule has 2 aromatic carbocycles. The molecule has 4 amide bonds. The lowest BCUT2D eigenvalue weighted by atomic mass is 9.97. The molecule has 0 unspecified atom stereocenters. The van der Waals surface area contributed by atoms with Crippen LogP contribution in [0.1, 0.15) is 83.8 Å². The molecule has 1 fully saturated rings. The van der Waals surface area contributed by atoms with Crippen LogP contribution in [0.4, 0.5) is 16.7 Å². The Hall–Kier alpha value is -7.07. The maximum absolute atomic E-state index is 13.8. The van der Waals surface area contributed by atoms with Gasteiger partial charge < -0.3 is 29.2 Å². The summed E-state index contributed by atoms with van der Waals surface area (Å²) < 4.78 is 42.9. The number of hydrogen-bond acceptors (Lipinski definition) is 12. The van der Waals surface area contributed by atoms with Gasteiger partial charge in [0, 0.05) is 44.8 Å². The first kappa shape index (κ1) is 45.9. The molecule has 0 atom stereocenters. The van der Waals surface area contributed by atoms with Crippen molar-refractivity contribution in [3.63, 3.8) is 0 Å². The van der Waals surface area contributed by atoms with Gasteiger partial charge in [0.15, 0.2) is 0 Å². The van der Waals surface area contributed by atoms with Gasteiger partial charge in [0.05, 0.1) is 39.4 Å². The molecule has 1 aliphatic heterocycles. The number of ether oxygens (including phenoxy) is 2. The van der Waals surface area contributed by atoms with Gasteiger partial charge in [-0.25, -0.2) is 28.3 Å². The van der Waals surface area contributed by atoms with Crippen molar-refractivity contribution in [1.29, 1.82) is 0 Å². The third-order valence-electron chi connectivity index (χ3n) is 10.6. The van der Waals surface area contributed by atoms with Crippen LogP contribution in [0.25, 0.3) is 22.1 Å². The molecule has 7 rings (SSSR count). The highest BCUT2D eigenvalue weighted by atomic mass is 32.2. The predicted octanol–water partition coefficient (Wildman–Crippen LogP) is 4.58. The fraction of sp³-hybridized carbons (Fsp3) is 0.395. The van der Waals surface area contributed by atoms with Gasteiger partial charge in [-0.2, -0.15) is 10.2 Å². The van der Waals surface area contributed by atoms with Crippen molar-refractivity contribution in [3.05, 3.63) is 83.0 Å². The highest BCUT2D eigenvalue weighted by molar-refractivity contribution is 7.89. The summed E-state index contributed by atoms with van der Waals surface area (Å²) in [7, 11) is -4.06. The summed E-state index contributed by atoms with van der Waals surface area (Å²) >= 11 is 0. The van der Waals surface area contributed by atoms with Crippen LogP contribution in [0.2, 0.25) is 0 Å². The monoisotopic (exact) mass is 911 g/mol. The van der Waals surface area contributed by atoms with Gasteiger partial charge in [-0.1, -0.05) is 12.2 Å². The quantitative estimate of drug-likeness (QED) is 0.0972. The summed E-state index contributed by atoms with van der Waals surface area (Å²) in [6, 6.07) is 10.7. The fourth-order valence-electron chi connectivity index (χ4n) is 7.52. The zero-order valence-electron chi connectivity index (χ0n) is 37.3. The number of likely N-dealkylation sites (tertiary alicyclic amines) is 1. The number of carbonyl (C=O) groups excluding carboxylic acids is 4. The number of anilines is 2. The van der Waals surface area contributed by atoms with Crippen molar-refractivity contribution < 1.29 is 37.1 Å². The number of nitrogens with one attached hydrogen (secondary N) is 2. The average Bonchev–Trinajstić information content (AvgIpc) is 3.97. The van der Waals surface area contributed by atoms with Gasteiger partial charge in [-0.15, -0.1) is 0 Å². The molecule has 0 saturated carbocycles. The molecule has 1 saturated heterocycles. The number of rotatable bonds is 16. The predicted molar refractivity (Wildman–Crippen MR) is 241 cm³/mol. The Balaban J connectivity index is 1.21. The lowest BCUT2D eigenvalue weighted by molar-refractivity contribution is -0.00383. The molecular formula is C43H53N13O8S. The van der Waals surface area contributed by atoms with Gasteiger partial charge in [0.1, 0.15) is 28.3 Å². The van der Waals surface area contributed by atoms with Crippen molar-refractivity contribution in [3.8, 4) is 5.75 Å². The molecule has 65 heavy (non-hydrogen) atoms. The lowest BCUT2D eigenvalue weighted by Crippen LogP contribution is -2.51. The van der Waals surface area contributed by atoms with Crippen LogP contribution >= 0.6 is 0 Å². The van der Waals surface area contributed by atoms with Gasteiger partial charge in [0.25, 0.3) is 11.8 Å². The molecule has 0 bridgehead atoms. The molecule has 344 valence electrons. The van der Waals surface area contributed by atoms with Crippen LogP contribution in [0.5, 0.6) is 5.75 Å². The molecule has 22 heteroatoms. The number of hydrogen-bond donors (Lipinski definition) is 4. The summed E-state index contributed by atoms with van der Waals surface area (Å²) in [5.41, 5.74) is 8.85. The minimum Gasteiger partial charge on any atom is -0.491 e. The Kier molecular flexibility index (Phi) is 12.9. The minimum absolute atomic E-state index is 0.122. The van der Waals surface area contributed by atoms with Crippen molar-refractivity contribution >= 4 is 67.8 Å². The van der Waals surface area contributed by atoms with Gasteiger partial charge in [0.2, 0.25) is 27.8 Å². The largest absolute Gasteiger partial charge is 0.491 e. The molecule has 21 nitrogen and oxygen atoms in total.